The molecule has 28 heavy (non-hydrogen) atoms. The first-order valence-corrected chi connectivity index (χ1v) is 10.4. The lowest BCUT2D eigenvalue weighted by molar-refractivity contribution is 0.0174. The molecule has 2 unspecified atom stereocenters. The second-order valence-corrected chi connectivity index (χ2v) is 8.58. The zero-order valence-electron chi connectivity index (χ0n) is 16.6. The Hall–Kier alpha value is -2.18. The van der Waals surface area contributed by atoms with Gasteiger partial charge in [0.05, 0.1) is 5.69 Å². The van der Waals surface area contributed by atoms with Crippen molar-refractivity contribution in [2.24, 2.45) is 5.92 Å². The van der Waals surface area contributed by atoms with E-state index in [0.717, 1.165) is 39.3 Å². The predicted octanol–water partition coefficient (Wildman–Crippen LogP) is 1.84. The molecule has 0 spiro atoms. The number of carbonyl (C=O) groups excluding carboxylic acids is 1. The third kappa shape index (κ3) is 2.78. The average molecular weight is 380 g/mol. The van der Waals surface area contributed by atoms with Gasteiger partial charge >= 0.3 is 0 Å². The molecule has 0 saturated carbocycles. The molecule has 3 atom stereocenters. The Bertz CT molecular complexity index is 862. The van der Waals surface area contributed by atoms with Gasteiger partial charge in [0.2, 0.25) is 5.76 Å². The van der Waals surface area contributed by atoms with E-state index in [1.807, 2.05) is 13.8 Å². The Balaban J connectivity index is 1.51. The van der Waals surface area contributed by atoms with Crippen LogP contribution in [0.25, 0.3) is 0 Å². The number of nitrogens with one attached hydrogen (secondary N) is 1. The van der Waals surface area contributed by atoms with Crippen molar-refractivity contribution >= 4 is 5.91 Å². The van der Waals surface area contributed by atoms with Crippen LogP contribution in [0.3, 0.4) is 0 Å². The number of amides is 1. The molecule has 1 aromatic heterocycles. The van der Waals surface area contributed by atoms with Crippen LogP contribution in [0.2, 0.25) is 0 Å². The first-order chi connectivity index (χ1) is 13.6. The normalized spacial score (nSPS) is 33.6. The van der Waals surface area contributed by atoms with Gasteiger partial charge in [-0.2, -0.15) is 0 Å². The first-order valence-electron chi connectivity index (χ1n) is 10.4. The Kier molecular flexibility index (Phi) is 4.29. The highest BCUT2D eigenvalue weighted by Crippen LogP contribution is 2.43. The number of hydrogen-bond donors (Lipinski definition) is 1. The van der Waals surface area contributed by atoms with Crippen LogP contribution in [-0.4, -0.2) is 66.0 Å². The smallest absolute Gasteiger partial charge is 0.289 e. The molecule has 6 nitrogen and oxygen atoms in total. The number of carbonyl (C=O) groups is 1. The molecule has 4 aliphatic heterocycles. The van der Waals surface area contributed by atoms with Gasteiger partial charge in [0.15, 0.2) is 5.89 Å². The minimum Gasteiger partial charge on any atom is -0.435 e. The lowest BCUT2D eigenvalue weighted by Crippen LogP contribution is -2.70. The van der Waals surface area contributed by atoms with E-state index in [1.165, 1.54) is 5.56 Å². The van der Waals surface area contributed by atoms with Crippen molar-refractivity contribution in [1.29, 1.82) is 0 Å². The number of aromatic nitrogens is 1. The fraction of sp³-hybridized carbons (Fsp3) is 0.545. The van der Waals surface area contributed by atoms with Crippen LogP contribution >= 0.6 is 0 Å². The van der Waals surface area contributed by atoms with Crippen molar-refractivity contribution in [3.05, 3.63) is 53.2 Å². The second-order valence-electron chi connectivity index (χ2n) is 8.58. The molecule has 0 radical (unpaired) electrons. The van der Waals surface area contributed by atoms with Gasteiger partial charge < -0.3 is 19.5 Å². The molecule has 4 fully saturated rings. The molecule has 4 aliphatic rings. The van der Waals surface area contributed by atoms with E-state index in [2.05, 4.69) is 50.4 Å². The Morgan fingerprint density at radius 3 is 2.50 bits per heavy atom. The van der Waals surface area contributed by atoms with Gasteiger partial charge in [-0.25, -0.2) is 4.98 Å². The Labute approximate surface area is 165 Å². The van der Waals surface area contributed by atoms with E-state index in [9.17, 15) is 4.79 Å². The van der Waals surface area contributed by atoms with E-state index >= 15 is 0 Å². The van der Waals surface area contributed by atoms with E-state index in [0.29, 0.717) is 29.7 Å². The van der Waals surface area contributed by atoms with Crippen LogP contribution in [0.1, 0.15) is 34.6 Å². The van der Waals surface area contributed by atoms with Gasteiger partial charge in [0, 0.05) is 63.1 Å². The van der Waals surface area contributed by atoms with Gasteiger partial charge in [-0.3, -0.25) is 4.79 Å². The summed E-state index contributed by atoms with van der Waals surface area (Å²) in [6.07, 6.45) is 0.693. The highest BCUT2D eigenvalue weighted by Gasteiger charge is 2.55. The second kappa shape index (κ2) is 6.71. The van der Waals surface area contributed by atoms with Gasteiger partial charge in [0.25, 0.3) is 5.91 Å². The summed E-state index contributed by atoms with van der Waals surface area (Å²) in [6.45, 7) is 10.2. The van der Waals surface area contributed by atoms with Crippen LogP contribution < -0.4 is 5.32 Å². The molecule has 1 aromatic carbocycles. The summed E-state index contributed by atoms with van der Waals surface area (Å²) < 4.78 is 5.74. The molecule has 0 aliphatic carbocycles. The largest absolute Gasteiger partial charge is 0.435 e. The SMILES string of the molecule is CCc1nc(C)c(C(=O)N[C@@H]2C3CN4CCN(C3)CC2(c2ccccc2)C4)o1. The predicted molar refractivity (Wildman–Crippen MR) is 106 cm³/mol. The fourth-order valence-corrected chi connectivity index (χ4v) is 5.59. The number of aryl methyl sites for hydroxylation is 2. The maximum absolute atomic E-state index is 13.2. The van der Waals surface area contributed by atoms with Crippen LogP contribution in [0.4, 0.5) is 0 Å². The minimum atomic E-state index is -0.124. The summed E-state index contributed by atoms with van der Waals surface area (Å²) in [6, 6.07) is 10.8. The number of piperidine rings is 2. The van der Waals surface area contributed by atoms with Crippen LogP contribution in [0.15, 0.2) is 34.7 Å². The molecular formula is C22H28N4O2. The highest BCUT2D eigenvalue weighted by atomic mass is 16.4. The zero-order valence-corrected chi connectivity index (χ0v) is 16.6. The summed E-state index contributed by atoms with van der Waals surface area (Å²) in [5.41, 5.74) is 1.91. The Morgan fingerprint density at radius 2 is 1.89 bits per heavy atom. The summed E-state index contributed by atoms with van der Waals surface area (Å²) in [4.78, 5) is 22.7. The molecule has 4 bridgehead atoms. The third-order valence-corrected chi connectivity index (χ3v) is 6.78. The molecule has 5 heterocycles. The third-order valence-electron chi connectivity index (χ3n) is 6.78. The van der Waals surface area contributed by atoms with Crippen molar-refractivity contribution in [2.45, 2.75) is 31.7 Å². The monoisotopic (exact) mass is 380 g/mol. The number of oxazole rings is 1. The number of nitrogens with zero attached hydrogens (tertiary/aromatic N) is 3. The maximum Gasteiger partial charge on any atom is 0.289 e. The molecular weight excluding hydrogens is 352 g/mol. The quantitative estimate of drug-likeness (QED) is 0.877. The standard InChI is InChI=1S/C22H28N4O2/c1-3-18-23-15(2)19(28-18)21(27)24-20-16-11-25-9-10-26(12-16)14-22(20,13-25)17-7-5-4-6-8-17/h4-8,16,20H,3,9-14H2,1-2H3,(H,24,27)/t16?,20-,22?/m1/s1. The van der Waals surface area contributed by atoms with Gasteiger partial charge in [-0.15, -0.1) is 0 Å². The summed E-state index contributed by atoms with van der Waals surface area (Å²) >= 11 is 0. The lowest BCUT2D eigenvalue weighted by atomic mass is 9.64. The number of hydrogen-bond acceptors (Lipinski definition) is 5. The summed E-state index contributed by atoms with van der Waals surface area (Å²) in [7, 11) is 0. The van der Waals surface area contributed by atoms with Crippen LogP contribution in [0, 0.1) is 12.8 Å². The number of fused-ring (bicyclic) bond motifs is 1. The van der Waals surface area contributed by atoms with Crippen molar-refractivity contribution in [3.8, 4) is 0 Å². The topological polar surface area (TPSA) is 61.6 Å². The molecule has 6 heteroatoms. The van der Waals surface area contributed by atoms with E-state index in [4.69, 9.17) is 4.42 Å². The fourth-order valence-electron chi connectivity index (χ4n) is 5.59. The van der Waals surface area contributed by atoms with E-state index < -0.39 is 0 Å². The van der Waals surface area contributed by atoms with Crippen LogP contribution in [-0.2, 0) is 11.8 Å². The summed E-state index contributed by atoms with van der Waals surface area (Å²) in [5, 5.41) is 3.40. The summed E-state index contributed by atoms with van der Waals surface area (Å²) in [5.74, 6) is 1.29. The van der Waals surface area contributed by atoms with E-state index in [1.54, 1.807) is 0 Å². The average Bonchev–Trinajstić information content (AvgIpc) is 2.91. The van der Waals surface area contributed by atoms with Crippen molar-refractivity contribution < 1.29 is 9.21 Å². The van der Waals surface area contributed by atoms with Crippen molar-refractivity contribution in [1.82, 2.24) is 20.1 Å². The number of benzene rings is 1. The highest BCUT2D eigenvalue weighted by molar-refractivity contribution is 5.92. The number of rotatable bonds is 4. The van der Waals surface area contributed by atoms with E-state index in [-0.39, 0.29) is 17.4 Å². The minimum absolute atomic E-state index is 0.0872. The molecule has 1 N–H and O–H groups in total. The zero-order chi connectivity index (χ0) is 19.3. The maximum atomic E-state index is 13.2. The van der Waals surface area contributed by atoms with Crippen molar-refractivity contribution in [2.75, 3.05) is 39.3 Å². The molecule has 6 rings (SSSR count). The lowest BCUT2D eigenvalue weighted by Gasteiger charge is -2.55. The molecule has 148 valence electrons. The van der Waals surface area contributed by atoms with Crippen LogP contribution in [0.5, 0.6) is 0 Å². The Morgan fingerprint density at radius 1 is 1.21 bits per heavy atom. The van der Waals surface area contributed by atoms with Gasteiger partial charge in [0.1, 0.15) is 0 Å². The molecule has 1 amide bonds. The van der Waals surface area contributed by atoms with Crippen molar-refractivity contribution in [3.63, 3.8) is 0 Å². The van der Waals surface area contributed by atoms with Gasteiger partial charge in [-0.1, -0.05) is 37.3 Å². The molecule has 4 saturated heterocycles. The molecule has 2 aromatic rings. The van der Waals surface area contributed by atoms with Gasteiger partial charge in [-0.05, 0) is 12.5 Å². The first kappa shape index (κ1) is 17.9.